The summed E-state index contributed by atoms with van der Waals surface area (Å²) < 4.78 is 0. The number of aryl methyl sites for hydroxylation is 1. The van der Waals surface area contributed by atoms with E-state index in [1.54, 1.807) is 0 Å². The van der Waals surface area contributed by atoms with Crippen molar-refractivity contribution in [2.75, 3.05) is 19.6 Å². The normalized spacial score (nSPS) is 19.1. The zero-order valence-corrected chi connectivity index (χ0v) is 14.3. The van der Waals surface area contributed by atoms with Gasteiger partial charge in [0.25, 0.3) is 0 Å². The first-order chi connectivity index (χ1) is 11.6. The van der Waals surface area contributed by atoms with Crippen LogP contribution >= 0.6 is 0 Å². The molecule has 0 amide bonds. The van der Waals surface area contributed by atoms with Gasteiger partial charge in [-0.1, -0.05) is 54.6 Å². The van der Waals surface area contributed by atoms with Crippen LogP contribution in [0.1, 0.15) is 41.7 Å². The molecular weight excluding hydrogens is 298 g/mol. The van der Waals surface area contributed by atoms with Gasteiger partial charge in [0, 0.05) is 6.54 Å². The van der Waals surface area contributed by atoms with Crippen LogP contribution in [0.25, 0.3) is 0 Å². The van der Waals surface area contributed by atoms with Crippen molar-refractivity contribution in [1.29, 1.82) is 0 Å². The molecule has 3 nitrogen and oxygen atoms in total. The lowest BCUT2D eigenvalue weighted by Crippen LogP contribution is -2.38. The number of benzene rings is 2. The number of piperidine rings is 1. The Labute approximate surface area is 144 Å². The van der Waals surface area contributed by atoms with Gasteiger partial charge < -0.3 is 15.1 Å². The van der Waals surface area contributed by atoms with E-state index in [-0.39, 0.29) is 6.10 Å². The highest BCUT2D eigenvalue weighted by molar-refractivity contribution is 5.27. The molecule has 3 rings (SSSR count). The summed E-state index contributed by atoms with van der Waals surface area (Å²) >= 11 is 0. The highest BCUT2D eigenvalue weighted by atomic mass is 16.3. The summed E-state index contributed by atoms with van der Waals surface area (Å²) in [5, 5.41) is 21.1. The Bertz CT molecular complexity index is 635. The van der Waals surface area contributed by atoms with Gasteiger partial charge in [-0.2, -0.15) is 0 Å². The van der Waals surface area contributed by atoms with E-state index >= 15 is 0 Å². The van der Waals surface area contributed by atoms with Crippen molar-refractivity contribution >= 4 is 0 Å². The van der Waals surface area contributed by atoms with Crippen molar-refractivity contribution in [1.82, 2.24) is 4.90 Å². The molecule has 1 aliphatic rings. The van der Waals surface area contributed by atoms with Gasteiger partial charge in [0.1, 0.15) is 0 Å². The number of aliphatic hydroxyl groups is 2. The Hall–Kier alpha value is -1.68. The van der Waals surface area contributed by atoms with Crippen molar-refractivity contribution in [3.05, 3.63) is 71.3 Å². The monoisotopic (exact) mass is 325 g/mol. The van der Waals surface area contributed by atoms with E-state index in [1.807, 2.05) is 61.5 Å². The molecule has 0 radical (unpaired) electrons. The summed E-state index contributed by atoms with van der Waals surface area (Å²) in [7, 11) is 0. The number of hydrogen-bond acceptors (Lipinski definition) is 3. The molecule has 0 aliphatic carbocycles. The lowest BCUT2D eigenvalue weighted by molar-refractivity contribution is 0.0397. The second-order valence-corrected chi connectivity index (χ2v) is 6.87. The standard InChI is InChI=1S/C21H27NO2/c1-16-7-5-6-10-19(16)20(23)15-22-13-11-18(12-14-22)21(24)17-8-3-2-4-9-17/h2-10,18,20-21,23-24H,11-15H2,1H3. The molecule has 2 aromatic carbocycles. The van der Waals surface area contributed by atoms with Crippen LogP contribution in [0.4, 0.5) is 0 Å². The van der Waals surface area contributed by atoms with E-state index in [9.17, 15) is 10.2 Å². The Morgan fingerprint density at radius 3 is 2.25 bits per heavy atom. The Kier molecular flexibility index (Phi) is 5.67. The zero-order chi connectivity index (χ0) is 16.9. The van der Waals surface area contributed by atoms with Gasteiger partial charge in [-0.3, -0.25) is 0 Å². The molecule has 2 aromatic rings. The van der Waals surface area contributed by atoms with Crippen molar-refractivity contribution in [2.24, 2.45) is 5.92 Å². The van der Waals surface area contributed by atoms with E-state index in [0.29, 0.717) is 12.5 Å². The highest BCUT2D eigenvalue weighted by Gasteiger charge is 2.27. The number of rotatable bonds is 5. The fourth-order valence-corrected chi connectivity index (χ4v) is 3.68. The maximum atomic E-state index is 10.6. The molecule has 1 fully saturated rings. The maximum Gasteiger partial charge on any atom is 0.0919 e. The topological polar surface area (TPSA) is 43.7 Å². The SMILES string of the molecule is Cc1ccccc1C(O)CN1CCC(C(O)c2ccccc2)CC1. The molecule has 3 heteroatoms. The van der Waals surface area contributed by atoms with E-state index in [2.05, 4.69) is 4.90 Å². The summed E-state index contributed by atoms with van der Waals surface area (Å²) in [5.41, 5.74) is 3.17. The second-order valence-electron chi connectivity index (χ2n) is 6.87. The average Bonchev–Trinajstić information content (AvgIpc) is 2.63. The van der Waals surface area contributed by atoms with Gasteiger partial charge in [0.2, 0.25) is 0 Å². The minimum Gasteiger partial charge on any atom is -0.388 e. The summed E-state index contributed by atoms with van der Waals surface area (Å²) in [4.78, 5) is 2.31. The van der Waals surface area contributed by atoms with Crippen LogP contribution in [0, 0.1) is 12.8 Å². The lowest BCUT2D eigenvalue weighted by atomic mass is 9.87. The predicted molar refractivity (Wildman–Crippen MR) is 96.7 cm³/mol. The summed E-state index contributed by atoms with van der Waals surface area (Å²) in [5.74, 6) is 0.305. The smallest absolute Gasteiger partial charge is 0.0919 e. The van der Waals surface area contributed by atoms with E-state index < -0.39 is 6.10 Å². The van der Waals surface area contributed by atoms with Crippen LogP contribution < -0.4 is 0 Å². The van der Waals surface area contributed by atoms with Crippen LogP contribution in [-0.4, -0.2) is 34.7 Å². The van der Waals surface area contributed by atoms with E-state index in [4.69, 9.17) is 0 Å². The molecule has 2 N–H and O–H groups in total. The van der Waals surface area contributed by atoms with Crippen molar-refractivity contribution < 1.29 is 10.2 Å². The zero-order valence-electron chi connectivity index (χ0n) is 14.3. The fourth-order valence-electron chi connectivity index (χ4n) is 3.68. The van der Waals surface area contributed by atoms with Gasteiger partial charge in [-0.15, -0.1) is 0 Å². The van der Waals surface area contributed by atoms with Gasteiger partial charge in [0.05, 0.1) is 12.2 Å². The minimum atomic E-state index is -0.443. The average molecular weight is 325 g/mol. The number of aliphatic hydroxyl groups excluding tert-OH is 2. The summed E-state index contributed by atoms with van der Waals surface area (Å²) in [6.07, 6.45) is 1.11. The van der Waals surface area contributed by atoms with Gasteiger partial charge in [0.15, 0.2) is 0 Å². The molecule has 2 atom stereocenters. The Morgan fingerprint density at radius 1 is 0.958 bits per heavy atom. The molecule has 1 saturated heterocycles. The van der Waals surface area contributed by atoms with Gasteiger partial charge >= 0.3 is 0 Å². The van der Waals surface area contributed by atoms with Gasteiger partial charge in [-0.25, -0.2) is 0 Å². The maximum absolute atomic E-state index is 10.6. The number of nitrogens with zero attached hydrogens (tertiary/aromatic N) is 1. The first kappa shape index (κ1) is 17.2. The largest absolute Gasteiger partial charge is 0.388 e. The van der Waals surface area contributed by atoms with Gasteiger partial charge in [-0.05, 0) is 55.5 Å². The minimum absolute atomic E-state index is 0.305. The van der Waals surface area contributed by atoms with Crippen molar-refractivity contribution in [3.8, 4) is 0 Å². The molecule has 0 aromatic heterocycles. The Morgan fingerprint density at radius 2 is 1.58 bits per heavy atom. The van der Waals surface area contributed by atoms with Crippen LogP contribution in [0.15, 0.2) is 54.6 Å². The van der Waals surface area contributed by atoms with Crippen molar-refractivity contribution in [3.63, 3.8) is 0 Å². The molecule has 0 saturated carbocycles. The number of likely N-dealkylation sites (tertiary alicyclic amines) is 1. The third kappa shape index (κ3) is 4.04. The lowest BCUT2D eigenvalue weighted by Gasteiger charge is -2.35. The molecule has 0 spiro atoms. The Balaban J connectivity index is 1.53. The number of hydrogen-bond donors (Lipinski definition) is 2. The van der Waals surface area contributed by atoms with E-state index in [1.165, 1.54) is 0 Å². The van der Waals surface area contributed by atoms with Crippen LogP contribution in [-0.2, 0) is 0 Å². The highest BCUT2D eigenvalue weighted by Crippen LogP contribution is 2.31. The first-order valence-corrected chi connectivity index (χ1v) is 8.84. The van der Waals surface area contributed by atoms with Crippen LogP contribution in [0.2, 0.25) is 0 Å². The van der Waals surface area contributed by atoms with E-state index in [0.717, 1.165) is 42.6 Å². The number of β-amino-alcohol motifs (C(OH)–C–C–N with tert-alkyl or cyclic N) is 1. The summed E-state index contributed by atoms with van der Waals surface area (Å²) in [6, 6.07) is 18.0. The first-order valence-electron chi connectivity index (χ1n) is 8.84. The quantitative estimate of drug-likeness (QED) is 0.884. The summed E-state index contributed by atoms with van der Waals surface area (Å²) in [6.45, 7) is 4.56. The molecular formula is C21H27NO2. The molecule has 128 valence electrons. The molecule has 24 heavy (non-hydrogen) atoms. The van der Waals surface area contributed by atoms with Crippen LogP contribution in [0.3, 0.4) is 0 Å². The van der Waals surface area contributed by atoms with Crippen LogP contribution in [0.5, 0.6) is 0 Å². The van der Waals surface area contributed by atoms with Crippen molar-refractivity contribution in [2.45, 2.75) is 32.0 Å². The third-order valence-electron chi connectivity index (χ3n) is 5.20. The fraction of sp³-hybridized carbons (Fsp3) is 0.429. The molecule has 1 heterocycles. The molecule has 2 unspecified atom stereocenters. The predicted octanol–water partition coefficient (Wildman–Crippen LogP) is 3.47. The molecule has 0 bridgehead atoms. The third-order valence-corrected chi connectivity index (χ3v) is 5.20. The molecule has 1 aliphatic heterocycles. The second kappa shape index (κ2) is 7.93.